The first kappa shape index (κ1) is 10.4. The Balaban J connectivity index is 4.75. The lowest BCUT2D eigenvalue weighted by Crippen LogP contribution is -2.49. The van der Waals surface area contributed by atoms with E-state index in [4.69, 9.17) is 11.5 Å². The zero-order valence-electron chi connectivity index (χ0n) is 7.77. The second kappa shape index (κ2) is 2.81. The minimum absolute atomic E-state index is 0.173. The molecule has 0 aromatic carbocycles. The van der Waals surface area contributed by atoms with Crippen LogP contribution in [0.3, 0.4) is 0 Å². The summed E-state index contributed by atoms with van der Waals surface area (Å²) in [5.41, 5.74) is 9.96. The van der Waals surface area contributed by atoms with Gasteiger partial charge in [0.25, 0.3) is 0 Å². The van der Waals surface area contributed by atoms with E-state index in [1.807, 2.05) is 20.8 Å². The Morgan fingerprint density at radius 3 is 1.64 bits per heavy atom. The summed E-state index contributed by atoms with van der Waals surface area (Å²) in [6.07, 6.45) is 0. The van der Waals surface area contributed by atoms with Crippen LogP contribution in [0.25, 0.3) is 0 Å². The second-order valence-electron chi connectivity index (χ2n) is 4.15. The van der Waals surface area contributed by atoms with Gasteiger partial charge >= 0.3 is 0 Å². The molecule has 0 aromatic rings. The average Bonchev–Trinajstić information content (AvgIpc) is 1.83. The third kappa shape index (κ3) is 1.71. The number of amides is 1. The van der Waals surface area contributed by atoms with E-state index in [1.165, 1.54) is 0 Å². The zero-order valence-corrected chi connectivity index (χ0v) is 7.77. The molecule has 0 bridgehead atoms. The molecular formula is C8H18N2O. The van der Waals surface area contributed by atoms with E-state index in [0.29, 0.717) is 6.54 Å². The molecule has 0 saturated heterocycles. The van der Waals surface area contributed by atoms with E-state index in [2.05, 4.69) is 0 Å². The molecule has 0 aromatic heterocycles. The standard InChI is InChI=1S/C8H18N2O/c1-7(2,3)8(4,5-9)6(10)11/h5,9H2,1-4H3,(H2,10,11). The molecular weight excluding hydrogens is 140 g/mol. The predicted octanol–water partition coefficient (Wildman–Crippen LogP) is 0.483. The summed E-state index contributed by atoms with van der Waals surface area (Å²) in [4.78, 5) is 11.0. The van der Waals surface area contributed by atoms with Crippen molar-refractivity contribution in [1.82, 2.24) is 0 Å². The van der Waals surface area contributed by atoms with Crippen LogP contribution in [-0.2, 0) is 4.79 Å². The van der Waals surface area contributed by atoms with Gasteiger partial charge in [-0.25, -0.2) is 0 Å². The van der Waals surface area contributed by atoms with E-state index in [0.717, 1.165) is 0 Å². The highest BCUT2D eigenvalue weighted by molar-refractivity contribution is 5.81. The van der Waals surface area contributed by atoms with Gasteiger partial charge in [-0.2, -0.15) is 0 Å². The minimum atomic E-state index is -0.604. The molecule has 0 saturated carbocycles. The van der Waals surface area contributed by atoms with Gasteiger partial charge < -0.3 is 11.5 Å². The van der Waals surface area contributed by atoms with Crippen molar-refractivity contribution in [3.8, 4) is 0 Å². The molecule has 66 valence electrons. The van der Waals surface area contributed by atoms with Gasteiger partial charge in [0.05, 0.1) is 5.41 Å². The monoisotopic (exact) mass is 158 g/mol. The topological polar surface area (TPSA) is 69.1 Å². The van der Waals surface area contributed by atoms with Gasteiger partial charge in [0.15, 0.2) is 0 Å². The van der Waals surface area contributed by atoms with Crippen LogP contribution >= 0.6 is 0 Å². The largest absolute Gasteiger partial charge is 0.369 e. The predicted molar refractivity (Wildman–Crippen MR) is 45.8 cm³/mol. The fraction of sp³-hybridized carbons (Fsp3) is 0.875. The van der Waals surface area contributed by atoms with Gasteiger partial charge in [0.2, 0.25) is 5.91 Å². The lowest BCUT2D eigenvalue weighted by atomic mass is 9.67. The van der Waals surface area contributed by atoms with E-state index in [1.54, 1.807) is 6.92 Å². The van der Waals surface area contributed by atoms with Crippen LogP contribution in [-0.4, -0.2) is 12.5 Å². The Hall–Kier alpha value is -0.570. The fourth-order valence-corrected chi connectivity index (χ4v) is 0.776. The first-order valence-electron chi connectivity index (χ1n) is 3.75. The maximum atomic E-state index is 11.0. The van der Waals surface area contributed by atoms with Crippen molar-refractivity contribution in [2.24, 2.45) is 22.3 Å². The van der Waals surface area contributed by atoms with Crippen molar-refractivity contribution in [3.05, 3.63) is 0 Å². The van der Waals surface area contributed by atoms with Crippen molar-refractivity contribution in [2.45, 2.75) is 27.7 Å². The summed E-state index contributed by atoms with van der Waals surface area (Å²) >= 11 is 0. The highest BCUT2D eigenvalue weighted by Gasteiger charge is 2.41. The molecule has 0 aliphatic carbocycles. The lowest BCUT2D eigenvalue weighted by Gasteiger charge is -2.37. The summed E-state index contributed by atoms with van der Waals surface area (Å²) in [5.74, 6) is -0.326. The van der Waals surface area contributed by atoms with Crippen molar-refractivity contribution >= 4 is 5.91 Å². The third-order valence-corrected chi connectivity index (χ3v) is 2.61. The van der Waals surface area contributed by atoms with Gasteiger partial charge in [-0.05, 0) is 12.3 Å². The maximum Gasteiger partial charge on any atom is 0.225 e. The first-order chi connectivity index (χ1) is 4.75. The van der Waals surface area contributed by atoms with Crippen molar-refractivity contribution in [2.75, 3.05) is 6.54 Å². The van der Waals surface area contributed by atoms with E-state index in [9.17, 15) is 4.79 Å². The molecule has 0 fully saturated rings. The van der Waals surface area contributed by atoms with Gasteiger partial charge in [0.1, 0.15) is 0 Å². The summed E-state index contributed by atoms with van der Waals surface area (Å²) in [7, 11) is 0. The molecule has 0 aliphatic rings. The zero-order chi connectivity index (χ0) is 9.28. The van der Waals surface area contributed by atoms with Crippen molar-refractivity contribution in [3.63, 3.8) is 0 Å². The number of carbonyl (C=O) groups excluding carboxylic acids is 1. The van der Waals surface area contributed by atoms with E-state index < -0.39 is 5.41 Å². The molecule has 4 N–H and O–H groups in total. The summed E-state index contributed by atoms with van der Waals surface area (Å²) in [6, 6.07) is 0. The number of primary amides is 1. The first-order valence-corrected chi connectivity index (χ1v) is 3.75. The minimum Gasteiger partial charge on any atom is -0.369 e. The number of nitrogens with two attached hydrogens (primary N) is 2. The van der Waals surface area contributed by atoms with Gasteiger partial charge in [-0.1, -0.05) is 20.8 Å². The highest BCUT2D eigenvalue weighted by atomic mass is 16.1. The average molecular weight is 158 g/mol. The van der Waals surface area contributed by atoms with Crippen LogP contribution in [0.15, 0.2) is 0 Å². The summed E-state index contributed by atoms with van der Waals surface area (Å²) < 4.78 is 0. The summed E-state index contributed by atoms with van der Waals surface area (Å²) in [5, 5.41) is 0. The van der Waals surface area contributed by atoms with Crippen LogP contribution in [0.1, 0.15) is 27.7 Å². The number of hydrogen-bond acceptors (Lipinski definition) is 2. The van der Waals surface area contributed by atoms with Gasteiger partial charge in [-0.3, -0.25) is 4.79 Å². The number of hydrogen-bond donors (Lipinski definition) is 2. The Bertz CT molecular complexity index is 160. The Labute approximate surface area is 68.1 Å². The molecule has 0 aliphatic heterocycles. The molecule has 3 nitrogen and oxygen atoms in total. The van der Waals surface area contributed by atoms with Crippen LogP contribution in [0.2, 0.25) is 0 Å². The van der Waals surface area contributed by atoms with Crippen LogP contribution < -0.4 is 11.5 Å². The Morgan fingerprint density at radius 1 is 1.27 bits per heavy atom. The maximum absolute atomic E-state index is 11.0. The van der Waals surface area contributed by atoms with Crippen molar-refractivity contribution < 1.29 is 4.79 Å². The van der Waals surface area contributed by atoms with E-state index >= 15 is 0 Å². The highest BCUT2D eigenvalue weighted by Crippen LogP contribution is 2.36. The van der Waals surface area contributed by atoms with Crippen LogP contribution in [0, 0.1) is 10.8 Å². The van der Waals surface area contributed by atoms with Crippen LogP contribution in [0.4, 0.5) is 0 Å². The second-order valence-corrected chi connectivity index (χ2v) is 4.15. The molecule has 1 amide bonds. The molecule has 3 heteroatoms. The molecule has 0 rings (SSSR count). The SMILES string of the molecule is CC(C)(C)C(C)(CN)C(N)=O. The number of carbonyl (C=O) groups is 1. The molecule has 0 radical (unpaired) electrons. The van der Waals surface area contributed by atoms with Crippen molar-refractivity contribution in [1.29, 1.82) is 0 Å². The molecule has 1 unspecified atom stereocenters. The van der Waals surface area contributed by atoms with Gasteiger partial charge in [0, 0.05) is 6.54 Å². The number of rotatable bonds is 2. The quantitative estimate of drug-likeness (QED) is 0.613. The Kier molecular flexibility index (Phi) is 2.67. The molecule has 11 heavy (non-hydrogen) atoms. The molecule has 0 heterocycles. The molecule has 1 atom stereocenters. The molecule has 0 spiro atoms. The lowest BCUT2D eigenvalue weighted by molar-refractivity contribution is -0.131. The summed E-state index contributed by atoms with van der Waals surface area (Å²) in [6.45, 7) is 7.99. The smallest absolute Gasteiger partial charge is 0.225 e. The normalized spacial score (nSPS) is 17.5. The van der Waals surface area contributed by atoms with E-state index in [-0.39, 0.29) is 11.3 Å². The van der Waals surface area contributed by atoms with Gasteiger partial charge in [-0.15, -0.1) is 0 Å². The fourth-order valence-electron chi connectivity index (χ4n) is 0.776. The Morgan fingerprint density at radius 2 is 1.64 bits per heavy atom. The third-order valence-electron chi connectivity index (χ3n) is 2.61. The van der Waals surface area contributed by atoms with Crippen LogP contribution in [0.5, 0.6) is 0 Å².